The van der Waals surface area contributed by atoms with Gasteiger partial charge in [-0.1, -0.05) is 11.6 Å². The smallest absolute Gasteiger partial charge is 0.340 e. The van der Waals surface area contributed by atoms with Gasteiger partial charge in [0.1, 0.15) is 22.2 Å². The van der Waals surface area contributed by atoms with Gasteiger partial charge < -0.3 is 9.84 Å². The molecule has 2 heterocycles. The van der Waals surface area contributed by atoms with Gasteiger partial charge in [0.15, 0.2) is 5.82 Å². The number of hydrogen-bond donors (Lipinski definition) is 1. The lowest BCUT2D eigenvalue weighted by Gasteiger charge is -2.04. The normalized spacial score (nSPS) is 10.8. The summed E-state index contributed by atoms with van der Waals surface area (Å²) in [6.45, 7) is 3.60. The maximum absolute atomic E-state index is 11.3. The van der Waals surface area contributed by atoms with Crippen molar-refractivity contribution in [2.24, 2.45) is 0 Å². The first-order chi connectivity index (χ1) is 9.43. The van der Waals surface area contributed by atoms with Crippen LogP contribution in [0.5, 0.6) is 0 Å². The maximum Gasteiger partial charge on any atom is 0.340 e. The standard InChI is InChI=1S/C12H13ClN4O3/c1-6-4-9(15-7(2)14-6)17-11(13)10(12(18)19)8(16-17)5-20-3/h4H,5H2,1-3H3,(H,18,19). The second kappa shape index (κ2) is 5.56. The molecule has 0 saturated carbocycles. The van der Waals surface area contributed by atoms with Crippen molar-refractivity contribution in [2.45, 2.75) is 20.5 Å². The van der Waals surface area contributed by atoms with Crippen LogP contribution in [0.1, 0.15) is 27.6 Å². The van der Waals surface area contributed by atoms with Gasteiger partial charge in [0.05, 0.1) is 6.61 Å². The van der Waals surface area contributed by atoms with Crippen LogP contribution in [0.15, 0.2) is 6.07 Å². The molecule has 0 amide bonds. The zero-order valence-electron chi connectivity index (χ0n) is 11.2. The summed E-state index contributed by atoms with van der Waals surface area (Å²) in [7, 11) is 1.46. The molecule has 20 heavy (non-hydrogen) atoms. The Balaban J connectivity index is 2.62. The molecule has 0 spiro atoms. The average Bonchev–Trinajstić information content (AvgIpc) is 2.65. The van der Waals surface area contributed by atoms with Crippen molar-refractivity contribution in [3.05, 3.63) is 34.0 Å². The molecule has 2 aromatic heterocycles. The lowest BCUT2D eigenvalue weighted by Crippen LogP contribution is -2.04. The first kappa shape index (κ1) is 14.4. The molecule has 0 fully saturated rings. The first-order valence-corrected chi connectivity index (χ1v) is 6.14. The molecule has 0 saturated heterocycles. The fourth-order valence-electron chi connectivity index (χ4n) is 1.85. The van der Waals surface area contributed by atoms with E-state index in [9.17, 15) is 9.90 Å². The van der Waals surface area contributed by atoms with E-state index in [0.29, 0.717) is 11.6 Å². The highest BCUT2D eigenvalue weighted by molar-refractivity contribution is 6.32. The molecular formula is C12H13ClN4O3. The zero-order chi connectivity index (χ0) is 14.9. The number of hydrogen-bond acceptors (Lipinski definition) is 5. The number of aromatic nitrogens is 4. The summed E-state index contributed by atoms with van der Waals surface area (Å²) in [6, 6.07) is 1.67. The highest BCUT2D eigenvalue weighted by atomic mass is 35.5. The number of aromatic carboxylic acids is 1. The number of methoxy groups -OCH3 is 1. The van der Waals surface area contributed by atoms with Crippen molar-refractivity contribution in [1.29, 1.82) is 0 Å². The van der Waals surface area contributed by atoms with Crippen LogP contribution in [0.2, 0.25) is 5.15 Å². The molecule has 0 unspecified atom stereocenters. The molecule has 0 aliphatic rings. The van der Waals surface area contributed by atoms with E-state index in [-0.39, 0.29) is 23.0 Å². The summed E-state index contributed by atoms with van der Waals surface area (Å²) >= 11 is 6.10. The Hall–Kier alpha value is -1.99. The van der Waals surface area contributed by atoms with E-state index >= 15 is 0 Å². The van der Waals surface area contributed by atoms with E-state index in [0.717, 1.165) is 5.69 Å². The summed E-state index contributed by atoms with van der Waals surface area (Å²) in [5.74, 6) is -0.183. The molecule has 7 nitrogen and oxygen atoms in total. The Morgan fingerprint density at radius 2 is 2.15 bits per heavy atom. The van der Waals surface area contributed by atoms with Crippen LogP contribution in [0.25, 0.3) is 5.82 Å². The van der Waals surface area contributed by atoms with Crippen LogP contribution in [0, 0.1) is 13.8 Å². The van der Waals surface area contributed by atoms with Gasteiger partial charge in [-0.25, -0.2) is 19.4 Å². The molecule has 106 valence electrons. The van der Waals surface area contributed by atoms with E-state index in [1.165, 1.54) is 11.8 Å². The topological polar surface area (TPSA) is 90.1 Å². The second-order valence-electron chi connectivity index (χ2n) is 4.18. The Labute approximate surface area is 120 Å². The lowest BCUT2D eigenvalue weighted by molar-refractivity contribution is 0.0692. The molecule has 1 N–H and O–H groups in total. The summed E-state index contributed by atoms with van der Waals surface area (Å²) < 4.78 is 6.22. The summed E-state index contributed by atoms with van der Waals surface area (Å²) in [5.41, 5.74) is 0.908. The van der Waals surface area contributed by atoms with Gasteiger partial charge in [-0.05, 0) is 13.8 Å². The van der Waals surface area contributed by atoms with Crippen molar-refractivity contribution < 1.29 is 14.6 Å². The molecule has 2 aromatic rings. The zero-order valence-corrected chi connectivity index (χ0v) is 12.0. The first-order valence-electron chi connectivity index (χ1n) is 5.76. The van der Waals surface area contributed by atoms with Gasteiger partial charge in [-0.15, -0.1) is 0 Å². The minimum atomic E-state index is -1.16. The quantitative estimate of drug-likeness (QED) is 0.925. The molecule has 0 aromatic carbocycles. The third-order valence-electron chi connectivity index (χ3n) is 2.57. The van der Waals surface area contributed by atoms with Crippen molar-refractivity contribution in [3.8, 4) is 5.82 Å². The number of carboxylic acid groups (broad SMARTS) is 1. The summed E-state index contributed by atoms with van der Waals surface area (Å²) in [5, 5.41) is 13.4. The largest absolute Gasteiger partial charge is 0.478 e. The number of aryl methyl sites for hydroxylation is 2. The Kier molecular flexibility index (Phi) is 4.01. The predicted octanol–water partition coefficient (Wildman–Crippen LogP) is 1.78. The van der Waals surface area contributed by atoms with E-state index in [4.69, 9.17) is 16.3 Å². The third-order valence-corrected chi connectivity index (χ3v) is 2.92. The molecule has 0 atom stereocenters. The van der Waals surface area contributed by atoms with Crippen molar-refractivity contribution in [2.75, 3.05) is 7.11 Å². The number of halogens is 1. The van der Waals surface area contributed by atoms with Crippen LogP contribution in [-0.2, 0) is 11.3 Å². The molecular weight excluding hydrogens is 284 g/mol. The Morgan fingerprint density at radius 3 is 2.70 bits per heavy atom. The van der Waals surface area contributed by atoms with Crippen molar-refractivity contribution >= 4 is 17.6 Å². The minimum absolute atomic E-state index is 0.0120. The molecule has 0 aliphatic carbocycles. The maximum atomic E-state index is 11.3. The van der Waals surface area contributed by atoms with Crippen LogP contribution in [-0.4, -0.2) is 37.9 Å². The number of rotatable bonds is 4. The number of carbonyl (C=O) groups is 1. The monoisotopic (exact) mass is 296 g/mol. The highest BCUT2D eigenvalue weighted by Crippen LogP contribution is 2.24. The fourth-order valence-corrected chi connectivity index (χ4v) is 2.16. The molecule has 2 rings (SSSR count). The van der Waals surface area contributed by atoms with Crippen molar-refractivity contribution in [1.82, 2.24) is 19.7 Å². The summed E-state index contributed by atoms with van der Waals surface area (Å²) in [6.07, 6.45) is 0. The third kappa shape index (κ3) is 2.63. The van der Waals surface area contributed by atoms with Crippen LogP contribution in [0.3, 0.4) is 0 Å². The number of ether oxygens (including phenoxy) is 1. The van der Waals surface area contributed by atoms with Crippen molar-refractivity contribution in [3.63, 3.8) is 0 Å². The van der Waals surface area contributed by atoms with Crippen LogP contribution < -0.4 is 0 Å². The predicted molar refractivity (Wildman–Crippen MR) is 71.3 cm³/mol. The number of carboxylic acids is 1. The molecule has 0 aliphatic heterocycles. The molecule has 0 radical (unpaired) electrons. The second-order valence-corrected chi connectivity index (χ2v) is 4.54. The molecule has 0 bridgehead atoms. The van der Waals surface area contributed by atoms with Gasteiger partial charge in [0.25, 0.3) is 0 Å². The van der Waals surface area contributed by atoms with Crippen LogP contribution >= 0.6 is 11.6 Å². The highest BCUT2D eigenvalue weighted by Gasteiger charge is 2.23. The lowest BCUT2D eigenvalue weighted by atomic mass is 10.2. The van der Waals surface area contributed by atoms with Gasteiger partial charge >= 0.3 is 5.97 Å². The van der Waals surface area contributed by atoms with E-state index in [1.807, 2.05) is 6.92 Å². The fraction of sp³-hybridized carbons (Fsp3) is 0.333. The molecule has 8 heteroatoms. The van der Waals surface area contributed by atoms with Crippen LogP contribution in [0.4, 0.5) is 0 Å². The van der Waals surface area contributed by atoms with Gasteiger partial charge in [-0.2, -0.15) is 5.10 Å². The van der Waals surface area contributed by atoms with E-state index in [2.05, 4.69) is 15.1 Å². The Bertz CT molecular complexity index is 649. The van der Waals surface area contributed by atoms with Gasteiger partial charge in [0, 0.05) is 18.9 Å². The summed E-state index contributed by atoms with van der Waals surface area (Å²) in [4.78, 5) is 19.6. The minimum Gasteiger partial charge on any atom is -0.478 e. The van der Waals surface area contributed by atoms with E-state index < -0.39 is 5.97 Å². The van der Waals surface area contributed by atoms with Gasteiger partial charge in [0.2, 0.25) is 0 Å². The SMILES string of the molecule is COCc1nn(-c2cc(C)nc(C)n2)c(Cl)c1C(=O)O. The average molecular weight is 297 g/mol. The Morgan fingerprint density at radius 1 is 1.45 bits per heavy atom. The number of nitrogens with zero attached hydrogens (tertiary/aromatic N) is 4. The van der Waals surface area contributed by atoms with Gasteiger partial charge in [-0.3, -0.25) is 0 Å². The van der Waals surface area contributed by atoms with E-state index in [1.54, 1.807) is 13.0 Å².